The third-order valence-corrected chi connectivity index (χ3v) is 2.48. The fourth-order valence-electron chi connectivity index (χ4n) is 1.51. The molecular formula is C10H15N3. The molecule has 1 saturated heterocycles. The second-order valence-electron chi connectivity index (χ2n) is 3.59. The lowest BCUT2D eigenvalue weighted by atomic mass is 10.1. The molecule has 0 aliphatic carbocycles. The first kappa shape index (κ1) is 8.51. The molecule has 0 aromatic carbocycles. The molecule has 0 saturated carbocycles. The number of aromatic nitrogens is 1. The Morgan fingerprint density at radius 1 is 1.46 bits per heavy atom. The number of hydrogen-bond acceptors (Lipinski definition) is 3. The first-order valence-corrected chi connectivity index (χ1v) is 4.67. The summed E-state index contributed by atoms with van der Waals surface area (Å²) in [4.78, 5) is 4.27. The van der Waals surface area contributed by atoms with E-state index in [9.17, 15) is 0 Å². The molecule has 0 bridgehead atoms. The van der Waals surface area contributed by atoms with Crippen molar-refractivity contribution in [1.29, 1.82) is 0 Å². The number of anilines is 1. The molecule has 1 aromatic rings. The van der Waals surface area contributed by atoms with Gasteiger partial charge in [0.15, 0.2) is 0 Å². The zero-order chi connectivity index (χ0) is 9.26. The quantitative estimate of drug-likeness (QED) is 0.710. The van der Waals surface area contributed by atoms with Crippen molar-refractivity contribution in [2.75, 3.05) is 18.4 Å². The summed E-state index contributed by atoms with van der Waals surface area (Å²) in [6, 6.07) is 2.63. The lowest BCUT2D eigenvalue weighted by molar-refractivity contribution is 0.471. The summed E-state index contributed by atoms with van der Waals surface area (Å²) in [6.07, 6.45) is 1.86. The molecule has 0 radical (unpaired) electrons. The van der Waals surface area contributed by atoms with Gasteiger partial charge in [-0.25, -0.2) is 0 Å². The second kappa shape index (κ2) is 3.34. The molecule has 1 aromatic heterocycles. The van der Waals surface area contributed by atoms with E-state index < -0.39 is 0 Å². The van der Waals surface area contributed by atoms with Crippen molar-refractivity contribution in [3.8, 4) is 0 Å². The van der Waals surface area contributed by atoms with Gasteiger partial charge >= 0.3 is 0 Å². The summed E-state index contributed by atoms with van der Waals surface area (Å²) in [5.41, 5.74) is 3.57. The Balaban J connectivity index is 2.17. The molecule has 3 nitrogen and oxygen atoms in total. The number of pyridine rings is 1. The number of nitrogens with one attached hydrogen (secondary N) is 2. The normalized spacial score (nSPS) is 16.8. The largest absolute Gasteiger partial charge is 0.378 e. The molecule has 1 aliphatic rings. The van der Waals surface area contributed by atoms with Crippen LogP contribution in [-0.2, 0) is 0 Å². The maximum absolute atomic E-state index is 4.27. The smallest absolute Gasteiger partial charge is 0.0606 e. The highest BCUT2D eigenvalue weighted by atomic mass is 15.1. The van der Waals surface area contributed by atoms with E-state index >= 15 is 0 Å². The highest BCUT2D eigenvalue weighted by Gasteiger charge is 2.17. The molecule has 2 N–H and O–H groups in total. The van der Waals surface area contributed by atoms with Crippen molar-refractivity contribution in [2.24, 2.45) is 0 Å². The van der Waals surface area contributed by atoms with E-state index in [2.05, 4.69) is 22.5 Å². The zero-order valence-corrected chi connectivity index (χ0v) is 8.09. The van der Waals surface area contributed by atoms with Crippen molar-refractivity contribution < 1.29 is 0 Å². The van der Waals surface area contributed by atoms with Gasteiger partial charge < -0.3 is 10.6 Å². The number of aryl methyl sites for hydroxylation is 2. The predicted molar refractivity (Wildman–Crippen MR) is 54.0 cm³/mol. The van der Waals surface area contributed by atoms with E-state index in [0.29, 0.717) is 6.04 Å². The van der Waals surface area contributed by atoms with Crippen LogP contribution in [0.25, 0.3) is 0 Å². The van der Waals surface area contributed by atoms with Crippen LogP contribution in [0.2, 0.25) is 0 Å². The molecule has 2 heterocycles. The molecule has 0 atom stereocenters. The van der Waals surface area contributed by atoms with Gasteiger partial charge in [0.25, 0.3) is 0 Å². The maximum Gasteiger partial charge on any atom is 0.0606 e. The molecule has 1 fully saturated rings. The monoisotopic (exact) mass is 177 g/mol. The SMILES string of the molecule is Cc1ccnc(C)c1NC1CNC1. The maximum atomic E-state index is 4.27. The summed E-state index contributed by atoms with van der Waals surface area (Å²) in [5.74, 6) is 0. The number of rotatable bonds is 2. The van der Waals surface area contributed by atoms with Crippen LogP contribution in [0.3, 0.4) is 0 Å². The van der Waals surface area contributed by atoms with Crippen molar-refractivity contribution >= 4 is 5.69 Å². The zero-order valence-electron chi connectivity index (χ0n) is 8.09. The minimum atomic E-state index is 0.585. The predicted octanol–water partition coefficient (Wildman–Crippen LogP) is 1.08. The summed E-state index contributed by atoms with van der Waals surface area (Å²) in [7, 11) is 0. The van der Waals surface area contributed by atoms with Crippen LogP contribution in [-0.4, -0.2) is 24.1 Å². The van der Waals surface area contributed by atoms with E-state index in [1.165, 1.54) is 11.3 Å². The van der Waals surface area contributed by atoms with Crippen molar-refractivity contribution in [1.82, 2.24) is 10.3 Å². The lowest BCUT2D eigenvalue weighted by Gasteiger charge is -2.30. The van der Waals surface area contributed by atoms with Crippen LogP contribution in [0.1, 0.15) is 11.3 Å². The average Bonchev–Trinajstić information content (AvgIpc) is 2.00. The summed E-state index contributed by atoms with van der Waals surface area (Å²) < 4.78 is 0. The van der Waals surface area contributed by atoms with Gasteiger partial charge in [-0.3, -0.25) is 4.98 Å². The molecule has 2 rings (SSSR count). The van der Waals surface area contributed by atoms with Crippen LogP contribution in [0.4, 0.5) is 5.69 Å². The van der Waals surface area contributed by atoms with Crippen LogP contribution >= 0.6 is 0 Å². The van der Waals surface area contributed by atoms with Gasteiger partial charge in [-0.15, -0.1) is 0 Å². The van der Waals surface area contributed by atoms with Gasteiger partial charge in [-0.2, -0.15) is 0 Å². The van der Waals surface area contributed by atoms with Gasteiger partial charge in [0, 0.05) is 19.3 Å². The molecule has 0 spiro atoms. The van der Waals surface area contributed by atoms with Gasteiger partial charge in [0.1, 0.15) is 0 Å². The Labute approximate surface area is 78.6 Å². The van der Waals surface area contributed by atoms with Crippen LogP contribution in [0, 0.1) is 13.8 Å². The molecule has 0 unspecified atom stereocenters. The van der Waals surface area contributed by atoms with E-state index in [-0.39, 0.29) is 0 Å². The van der Waals surface area contributed by atoms with Crippen molar-refractivity contribution in [3.05, 3.63) is 23.5 Å². The molecular weight excluding hydrogens is 162 g/mol. The van der Waals surface area contributed by atoms with Gasteiger partial charge in [-0.05, 0) is 25.5 Å². The van der Waals surface area contributed by atoms with Crippen LogP contribution in [0.15, 0.2) is 12.3 Å². The van der Waals surface area contributed by atoms with Gasteiger partial charge in [0.2, 0.25) is 0 Å². The first-order valence-electron chi connectivity index (χ1n) is 4.67. The van der Waals surface area contributed by atoms with E-state index in [4.69, 9.17) is 0 Å². The van der Waals surface area contributed by atoms with Gasteiger partial charge in [-0.1, -0.05) is 0 Å². The Morgan fingerprint density at radius 3 is 2.77 bits per heavy atom. The van der Waals surface area contributed by atoms with Crippen LogP contribution < -0.4 is 10.6 Å². The Kier molecular flexibility index (Phi) is 2.19. The standard InChI is InChI=1S/C10H15N3/c1-7-3-4-12-8(2)10(7)13-9-5-11-6-9/h3-4,9,11,13H,5-6H2,1-2H3. The van der Waals surface area contributed by atoms with E-state index in [0.717, 1.165) is 18.8 Å². The van der Waals surface area contributed by atoms with Gasteiger partial charge in [0.05, 0.1) is 17.4 Å². The number of hydrogen-bond donors (Lipinski definition) is 2. The second-order valence-corrected chi connectivity index (χ2v) is 3.59. The Bertz CT molecular complexity index is 285. The van der Waals surface area contributed by atoms with Crippen molar-refractivity contribution in [2.45, 2.75) is 19.9 Å². The molecule has 1 aliphatic heterocycles. The lowest BCUT2D eigenvalue weighted by Crippen LogP contribution is -2.51. The van der Waals surface area contributed by atoms with E-state index in [1.807, 2.05) is 19.2 Å². The first-order chi connectivity index (χ1) is 6.27. The molecule has 0 amide bonds. The minimum absolute atomic E-state index is 0.585. The summed E-state index contributed by atoms with van der Waals surface area (Å²) in [5, 5.41) is 6.73. The molecule has 3 heteroatoms. The third kappa shape index (κ3) is 1.65. The minimum Gasteiger partial charge on any atom is -0.378 e. The molecule has 70 valence electrons. The Morgan fingerprint density at radius 2 is 2.23 bits per heavy atom. The summed E-state index contributed by atoms with van der Waals surface area (Å²) >= 11 is 0. The van der Waals surface area contributed by atoms with Crippen molar-refractivity contribution in [3.63, 3.8) is 0 Å². The highest BCUT2D eigenvalue weighted by molar-refractivity contribution is 5.54. The van der Waals surface area contributed by atoms with E-state index in [1.54, 1.807) is 0 Å². The third-order valence-electron chi connectivity index (χ3n) is 2.48. The molecule has 13 heavy (non-hydrogen) atoms. The number of nitrogens with zero attached hydrogens (tertiary/aromatic N) is 1. The average molecular weight is 177 g/mol. The topological polar surface area (TPSA) is 37.0 Å². The Hall–Kier alpha value is -1.09. The summed E-state index contributed by atoms with van der Waals surface area (Å²) in [6.45, 7) is 6.28. The highest BCUT2D eigenvalue weighted by Crippen LogP contribution is 2.18. The fraction of sp³-hybridized carbons (Fsp3) is 0.500. The fourth-order valence-corrected chi connectivity index (χ4v) is 1.51. The van der Waals surface area contributed by atoms with Crippen LogP contribution in [0.5, 0.6) is 0 Å².